The van der Waals surface area contributed by atoms with Gasteiger partial charge in [-0.1, -0.05) is 25.3 Å². The Hall–Kier alpha value is -4.34. The number of hydrogen-bond acceptors (Lipinski definition) is 4. The number of aliphatic carboxylic acids is 2. The quantitative estimate of drug-likeness (QED) is 0.191. The van der Waals surface area contributed by atoms with E-state index in [1.165, 1.54) is 0 Å². The number of carboxylic acids is 2. The van der Waals surface area contributed by atoms with E-state index in [1.807, 2.05) is 58.0 Å². The second-order valence-corrected chi connectivity index (χ2v) is 10.7. The maximum atomic E-state index is 11.5. The van der Waals surface area contributed by atoms with Crippen molar-refractivity contribution in [2.75, 3.05) is 0 Å². The van der Waals surface area contributed by atoms with E-state index in [-0.39, 0.29) is 32.6 Å². The molecule has 0 atom stereocenters. The van der Waals surface area contributed by atoms with Gasteiger partial charge in [-0.05, 0) is 98.2 Å². The van der Waals surface area contributed by atoms with Gasteiger partial charge in [0.1, 0.15) is 0 Å². The Morgan fingerprint density at radius 3 is 1.49 bits per heavy atom. The number of H-pyrrole nitrogens is 2. The number of carboxylic acid groups (broad SMARTS) is 2. The van der Waals surface area contributed by atoms with Crippen molar-refractivity contribution in [3.63, 3.8) is 0 Å². The molecule has 3 aromatic rings. The number of aromatic nitrogens is 4. The molecule has 2 aliphatic heterocycles. The number of allylic oxidation sites excluding steroid dienone is 4. The Balaban J connectivity index is 0.00000423. The first kappa shape index (κ1) is 31.6. The van der Waals surface area contributed by atoms with Crippen molar-refractivity contribution in [1.82, 2.24) is 19.9 Å². The Morgan fingerprint density at radius 1 is 0.674 bits per heavy atom. The molecule has 3 aromatic heterocycles. The van der Waals surface area contributed by atoms with Crippen LogP contribution in [0.5, 0.6) is 0 Å². The topological polar surface area (TPSA) is 132 Å². The van der Waals surface area contributed by atoms with Crippen LogP contribution in [0, 0.1) is 13.8 Å². The molecule has 0 aliphatic carbocycles. The van der Waals surface area contributed by atoms with Crippen molar-refractivity contribution in [3.8, 4) is 0 Å². The summed E-state index contributed by atoms with van der Waals surface area (Å²) >= 11 is 0. The van der Waals surface area contributed by atoms with Gasteiger partial charge >= 0.3 is 31.7 Å². The zero-order chi connectivity index (χ0) is 30.3. The van der Waals surface area contributed by atoms with Crippen LogP contribution in [-0.2, 0) is 9.59 Å². The molecule has 8 bridgehead atoms. The Labute approximate surface area is 263 Å². The summed E-state index contributed by atoms with van der Waals surface area (Å²) in [6, 6.07) is 7.88. The van der Waals surface area contributed by atoms with E-state index in [9.17, 15) is 19.8 Å². The minimum absolute atomic E-state index is 0. The molecule has 0 fully saturated rings. The van der Waals surface area contributed by atoms with Crippen LogP contribution in [0.2, 0.25) is 0 Å². The molecule has 4 N–H and O–H groups in total. The van der Waals surface area contributed by atoms with Gasteiger partial charge in [-0.25, -0.2) is 9.97 Å². The zero-order valence-electron chi connectivity index (χ0n) is 24.9. The molecule has 0 unspecified atom stereocenters. The first-order valence-corrected chi connectivity index (χ1v) is 13.9. The monoisotopic (exact) mass is 631 g/mol. The van der Waals surface area contributed by atoms with Gasteiger partial charge in [-0.2, -0.15) is 0 Å². The Kier molecular flexibility index (Phi) is 9.17. The van der Waals surface area contributed by atoms with Crippen LogP contribution in [0.4, 0.5) is 0 Å². The summed E-state index contributed by atoms with van der Waals surface area (Å²) < 4.78 is 0. The fourth-order valence-electron chi connectivity index (χ4n) is 5.77. The van der Waals surface area contributed by atoms with Crippen molar-refractivity contribution in [3.05, 3.63) is 82.5 Å². The van der Waals surface area contributed by atoms with Gasteiger partial charge in [0.2, 0.25) is 0 Å². The largest absolute Gasteiger partial charge is 3.00 e. The molecular formula is C34H34GaN4O4+3. The molecule has 9 heteroatoms. The Bertz CT molecular complexity index is 1920. The second kappa shape index (κ2) is 12.5. The zero-order valence-corrected chi connectivity index (χ0v) is 27.3. The van der Waals surface area contributed by atoms with E-state index in [2.05, 4.69) is 29.2 Å². The second-order valence-electron chi connectivity index (χ2n) is 10.7. The predicted octanol–water partition coefficient (Wildman–Crippen LogP) is 7.43. The molecule has 8 nitrogen and oxygen atoms in total. The number of nitrogens with zero attached hydrogens (tertiary/aromatic N) is 2. The molecule has 0 aromatic carbocycles. The summed E-state index contributed by atoms with van der Waals surface area (Å²) in [4.78, 5) is 40.0. The number of fused-ring (bicyclic) bond motifs is 8. The standard InChI is InChI=1S/C34H34N4O4.Ga/c1-7-21-17(3)25-13-26-19(5)23(9-11-33(39)40)31(37-26)16-32-24(10-12-34(41)42)20(6)28(38-32)15-30-22(8-2)18(4)27(36-30)14-29(21)35-25;/h7-8,13-16,35-36H,1-2,9-12H2,3-6H3,(H,39,40)(H,41,42);/q;+3. The first-order chi connectivity index (χ1) is 20.0. The average molecular weight is 632 g/mol. The fraction of sp³-hybridized carbons (Fsp3) is 0.235. The molecule has 5 rings (SSSR count). The van der Waals surface area contributed by atoms with Gasteiger partial charge < -0.3 is 20.2 Å². The number of rotatable bonds is 8. The van der Waals surface area contributed by atoms with Crippen molar-refractivity contribution < 1.29 is 19.8 Å². The maximum Gasteiger partial charge on any atom is 3.00 e. The van der Waals surface area contributed by atoms with Crippen molar-refractivity contribution in [2.24, 2.45) is 0 Å². The van der Waals surface area contributed by atoms with Crippen molar-refractivity contribution >= 4 is 88.2 Å². The van der Waals surface area contributed by atoms with Crippen molar-refractivity contribution in [2.45, 2.75) is 53.4 Å². The van der Waals surface area contributed by atoms with Gasteiger partial charge in [0, 0.05) is 46.0 Å². The third-order valence-corrected chi connectivity index (χ3v) is 8.22. The average Bonchev–Trinajstić information content (AvgIpc) is 3.59. The Morgan fingerprint density at radius 2 is 1.07 bits per heavy atom. The molecular weight excluding hydrogens is 598 g/mol. The summed E-state index contributed by atoms with van der Waals surface area (Å²) in [5, 5.41) is 18.9. The molecule has 0 radical (unpaired) electrons. The summed E-state index contributed by atoms with van der Waals surface area (Å²) in [5.41, 5.74) is 13.7. The number of nitrogens with one attached hydrogen (secondary N) is 2. The van der Waals surface area contributed by atoms with E-state index < -0.39 is 11.9 Å². The smallest absolute Gasteiger partial charge is 0.481 e. The van der Waals surface area contributed by atoms with Crippen LogP contribution >= 0.6 is 0 Å². The summed E-state index contributed by atoms with van der Waals surface area (Å²) in [5.74, 6) is -1.78. The van der Waals surface area contributed by atoms with Crippen molar-refractivity contribution in [1.29, 1.82) is 0 Å². The van der Waals surface area contributed by atoms with Gasteiger partial charge in [0.05, 0.1) is 22.8 Å². The van der Waals surface area contributed by atoms with E-state index in [4.69, 9.17) is 9.97 Å². The SMILES string of the molecule is C=Cc1c(C)c2cc3[nH]c(cc4nc(cc5nc(cc1[nH]2)C(C)=C5CCC(=O)O)C(CCC(=O)O)=C4C)c(C)c3C=C.[Ga+3]. The molecule has 0 saturated carbocycles. The van der Waals surface area contributed by atoms with E-state index in [0.29, 0.717) is 24.2 Å². The maximum absolute atomic E-state index is 11.5. The third-order valence-electron chi connectivity index (χ3n) is 8.22. The molecule has 0 saturated heterocycles. The molecule has 43 heavy (non-hydrogen) atoms. The molecule has 2 aliphatic rings. The minimum atomic E-state index is -0.889. The summed E-state index contributed by atoms with van der Waals surface area (Å²) in [6.07, 6.45) is 4.20. The van der Waals surface area contributed by atoms with Crippen LogP contribution in [0.15, 0.2) is 37.4 Å². The van der Waals surface area contributed by atoms with Gasteiger partial charge in [-0.15, -0.1) is 0 Å². The number of aryl methyl sites for hydroxylation is 2. The van der Waals surface area contributed by atoms with Crippen LogP contribution in [0.3, 0.4) is 0 Å². The first-order valence-electron chi connectivity index (χ1n) is 13.9. The van der Waals surface area contributed by atoms with Gasteiger partial charge in [-0.3, -0.25) is 9.59 Å². The molecule has 0 amide bonds. The summed E-state index contributed by atoms with van der Waals surface area (Å²) in [7, 11) is 0. The molecule has 5 heterocycles. The minimum Gasteiger partial charge on any atom is -0.481 e. The van der Waals surface area contributed by atoms with E-state index in [0.717, 1.165) is 78.0 Å². The van der Waals surface area contributed by atoms with Crippen LogP contribution in [-0.4, -0.2) is 61.9 Å². The van der Waals surface area contributed by atoms with Crippen LogP contribution < -0.4 is 0 Å². The fourth-order valence-corrected chi connectivity index (χ4v) is 5.77. The predicted molar refractivity (Wildman–Crippen MR) is 175 cm³/mol. The molecule has 214 valence electrons. The molecule has 0 spiro atoms. The van der Waals surface area contributed by atoms with Gasteiger partial charge in [0.25, 0.3) is 0 Å². The number of aromatic amines is 2. The van der Waals surface area contributed by atoms with E-state index in [1.54, 1.807) is 0 Å². The van der Waals surface area contributed by atoms with E-state index >= 15 is 0 Å². The number of hydrogen-bond donors (Lipinski definition) is 4. The number of carbonyl (C=O) groups is 2. The third kappa shape index (κ3) is 5.96. The summed E-state index contributed by atoms with van der Waals surface area (Å²) in [6.45, 7) is 16.1. The van der Waals surface area contributed by atoms with Gasteiger partial charge in [0.15, 0.2) is 0 Å². The van der Waals surface area contributed by atoms with Crippen LogP contribution in [0.1, 0.15) is 84.6 Å². The normalized spacial score (nSPS) is 12.7. The van der Waals surface area contributed by atoms with Crippen LogP contribution in [0.25, 0.3) is 56.5 Å².